The molecular formula is C35H38N8O3. The van der Waals surface area contributed by atoms with Gasteiger partial charge < -0.3 is 24.0 Å². The molecule has 11 heteroatoms. The fourth-order valence-electron chi connectivity index (χ4n) is 5.94. The first-order valence-corrected chi connectivity index (χ1v) is 15.9. The third kappa shape index (κ3) is 6.61. The molecule has 4 aromatic heterocycles. The Kier molecular flexibility index (Phi) is 8.93. The molecule has 4 aliphatic heterocycles. The zero-order valence-corrected chi connectivity index (χ0v) is 26.3. The highest BCUT2D eigenvalue weighted by atomic mass is 16.5. The van der Waals surface area contributed by atoms with Gasteiger partial charge in [-0.05, 0) is 50.2 Å². The summed E-state index contributed by atoms with van der Waals surface area (Å²) in [7, 11) is 0. The van der Waals surface area contributed by atoms with Crippen LogP contribution >= 0.6 is 0 Å². The molecule has 0 N–H and O–H groups in total. The second-order valence-electron chi connectivity index (χ2n) is 11.7. The summed E-state index contributed by atoms with van der Waals surface area (Å²) in [4.78, 5) is 31.9. The fraction of sp³-hybridized carbons (Fsp3) is 0.371. The lowest BCUT2D eigenvalue weighted by atomic mass is 10.0. The van der Waals surface area contributed by atoms with Gasteiger partial charge in [0.25, 0.3) is 0 Å². The zero-order valence-electron chi connectivity index (χ0n) is 26.3. The standard InChI is InChI=1S/C19H22N4O2.C16H16N4O/c1-13(2)25-15-10-16-17(21-11-15)12-22-19(16)14-3-4-20-18(9-14)23-5-7-24-8-6-23;1-2-13-11-19-15(16(13)18-4-1)12-3-5-17-14(10-12)20-6-8-21-9-7-20/h3-4,9-11,13H,5-8,12H2,1-2H3;1-5,10H,6-9,11H2. The molecule has 11 nitrogen and oxygen atoms in total. The maximum Gasteiger partial charge on any atom is 0.138 e. The van der Waals surface area contributed by atoms with Crippen molar-refractivity contribution in [2.24, 2.45) is 9.98 Å². The van der Waals surface area contributed by atoms with Gasteiger partial charge in [-0.15, -0.1) is 0 Å². The first-order valence-electron chi connectivity index (χ1n) is 15.9. The summed E-state index contributed by atoms with van der Waals surface area (Å²) in [5, 5.41) is 0. The topological polar surface area (TPSA) is 110 Å². The molecule has 8 heterocycles. The molecule has 4 aliphatic rings. The van der Waals surface area contributed by atoms with E-state index in [1.807, 2.05) is 56.7 Å². The lowest BCUT2D eigenvalue weighted by Gasteiger charge is -2.28. The highest BCUT2D eigenvalue weighted by Crippen LogP contribution is 2.27. The van der Waals surface area contributed by atoms with E-state index in [1.54, 1.807) is 6.20 Å². The molecule has 236 valence electrons. The minimum absolute atomic E-state index is 0.121. The molecule has 0 aliphatic carbocycles. The van der Waals surface area contributed by atoms with Crippen LogP contribution in [-0.4, -0.2) is 90.1 Å². The van der Waals surface area contributed by atoms with Crippen molar-refractivity contribution < 1.29 is 14.2 Å². The van der Waals surface area contributed by atoms with Crippen LogP contribution in [0.1, 0.15) is 47.5 Å². The summed E-state index contributed by atoms with van der Waals surface area (Å²) >= 11 is 0. The van der Waals surface area contributed by atoms with Gasteiger partial charge in [0.2, 0.25) is 0 Å². The first kappa shape index (κ1) is 29.9. The van der Waals surface area contributed by atoms with Crippen LogP contribution in [0.2, 0.25) is 0 Å². The maximum atomic E-state index is 5.79. The van der Waals surface area contributed by atoms with E-state index < -0.39 is 0 Å². The van der Waals surface area contributed by atoms with Gasteiger partial charge in [-0.1, -0.05) is 6.07 Å². The van der Waals surface area contributed by atoms with Crippen molar-refractivity contribution in [3.63, 3.8) is 0 Å². The summed E-state index contributed by atoms with van der Waals surface area (Å²) in [5.74, 6) is 2.74. The van der Waals surface area contributed by atoms with Gasteiger partial charge in [0.15, 0.2) is 0 Å². The molecule has 2 fully saturated rings. The quantitative estimate of drug-likeness (QED) is 0.315. The molecule has 0 spiro atoms. The van der Waals surface area contributed by atoms with E-state index in [0.717, 1.165) is 109 Å². The first-order chi connectivity index (χ1) is 22.6. The summed E-state index contributed by atoms with van der Waals surface area (Å²) in [6.07, 6.45) is 7.43. The van der Waals surface area contributed by atoms with Crippen molar-refractivity contribution >= 4 is 23.1 Å². The largest absolute Gasteiger partial charge is 0.489 e. The average Bonchev–Trinajstić information content (AvgIpc) is 3.74. The normalized spacial score (nSPS) is 17.1. The molecule has 0 amide bonds. The number of hydrogen-bond donors (Lipinski definition) is 0. The van der Waals surface area contributed by atoms with Gasteiger partial charge >= 0.3 is 0 Å². The van der Waals surface area contributed by atoms with E-state index >= 15 is 0 Å². The molecule has 0 atom stereocenters. The predicted molar refractivity (Wildman–Crippen MR) is 177 cm³/mol. The van der Waals surface area contributed by atoms with Crippen LogP contribution in [0.3, 0.4) is 0 Å². The van der Waals surface area contributed by atoms with E-state index in [1.165, 1.54) is 5.56 Å². The Balaban J connectivity index is 0.000000149. The number of morpholine rings is 2. The van der Waals surface area contributed by atoms with Gasteiger partial charge in [0.1, 0.15) is 17.4 Å². The Morgan fingerprint density at radius 3 is 1.98 bits per heavy atom. The molecule has 0 bridgehead atoms. The monoisotopic (exact) mass is 618 g/mol. The number of rotatable bonds is 6. The van der Waals surface area contributed by atoms with Crippen molar-refractivity contribution in [3.8, 4) is 5.75 Å². The number of nitrogens with zero attached hydrogens (tertiary/aromatic N) is 8. The molecule has 0 aromatic carbocycles. The van der Waals surface area contributed by atoms with Crippen molar-refractivity contribution in [1.82, 2.24) is 19.9 Å². The van der Waals surface area contributed by atoms with Crippen molar-refractivity contribution in [2.45, 2.75) is 33.0 Å². The number of ether oxygens (including phenoxy) is 3. The van der Waals surface area contributed by atoms with E-state index in [4.69, 9.17) is 19.2 Å². The van der Waals surface area contributed by atoms with Gasteiger partial charge in [-0.2, -0.15) is 0 Å². The number of aromatic nitrogens is 4. The minimum Gasteiger partial charge on any atom is -0.489 e. The van der Waals surface area contributed by atoms with E-state index in [9.17, 15) is 0 Å². The van der Waals surface area contributed by atoms with Crippen LogP contribution in [0.5, 0.6) is 5.75 Å². The summed E-state index contributed by atoms with van der Waals surface area (Å²) in [6, 6.07) is 14.3. The molecule has 46 heavy (non-hydrogen) atoms. The van der Waals surface area contributed by atoms with Crippen LogP contribution < -0.4 is 14.5 Å². The van der Waals surface area contributed by atoms with E-state index in [-0.39, 0.29) is 6.10 Å². The minimum atomic E-state index is 0.121. The van der Waals surface area contributed by atoms with Crippen LogP contribution in [-0.2, 0) is 22.6 Å². The molecule has 2 saturated heterocycles. The number of hydrogen-bond acceptors (Lipinski definition) is 11. The third-order valence-corrected chi connectivity index (χ3v) is 8.19. The molecule has 0 unspecified atom stereocenters. The highest BCUT2D eigenvalue weighted by molar-refractivity contribution is 6.15. The Bertz CT molecular complexity index is 1750. The van der Waals surface area contributed by atoms with Crippen molar-refractivity contribution in [2.75, 3.05) is 62.4 Å². The van der Waals surface area contributed by atoms with Crippen LogP contribution in [0, 0.1) is 0 Å². The second kappa shape index (κ2) is 13.7. The number of aliphatic imine (C=N–C) groups is 2. The average molecular weight is 619 g/mol. The van der Waals surface area contributed by atoms with Gasteiger partial charge in [0, 0.05) is 67.0 Å². The highest BCUT2D eigenvalue weighted by Gasteiger charge is 2.22. The number of fused-ring (bicyclic) bond motifs is 2. The summed E-state index contributed by atoms with van der Waals surface area (Å²) in [5.41, 5.74) is 8.33. The Labute approximate surface area is 269 Å². The molecule has 0 saturated carbocycles. The molecule has 8 rings (SSSR count). The third-order valence-electron chi connectivity index (χ3n) is 8.19. The summed E-state index contributed by atoms with van der Waals surface area (Å²) < 4.78 is 16.6. The Hall–Kier alpha value is -4.74. The Morgan fingerprint density at radius 2 is 1.33 bits per heavy atom. The number of anilines is 2. The van der Waals surface area contributed by atoms with Gasteiger partial charge in [-0.3, -0.25) is 20.0 Å². The number of pyridine rings is 4. The van der Waals surface area contributed by atoms with E-state index in [2.05, 4.69) is 52.9 Å². The molecule has 4 aromatic rings. The van der Waals surface area contributed by atoms with Crippen molar-refractivity contribution in [3.05, 3.63) is 101 Å². The SMILES string of the molecule is CC(C)Oc1cnc2c(c1)C(c1ccnc(N3CCOCC3)c1)=NC2.c1cnc2c(c1)CN=C2c1ccnc(N2CCOCC2)c1. The van der Waals surface area contributed by atoms with Gasteiger partial charge in [-0.25, -0.2) is 9.97 Å². The van der Waals surface area contributed by atoms with Crippen LogP contribution in [0.4, 0.5) is 11.6 Å². The smallest absolute Gasteiger partial charge is 0.138 e. The predicted octanol–water partition coefficient (Wildman–Crippen LogP) is 4.12. The lowest BCUT2D eigenvalue weighted by molar-refractivity contribution is 0.122. The summed E-state index contributed by atoms with van der Waals surface area (Å²) in [6.45, 7) is 11.9. The molecular weight excluding hydrogens is 580 g/mol. The van der Waals surface area contributed by atoms with E-state index in [0.29, 0.717) is 13.1 Å². The van der Waals surface area contributed by atoms with Crippen LogP contribution in [0.15, 0.2) is 77.2 Å². The maximum absolute atomic E-state index is 5.79. The second-order valence-corrected chi connectivity index (χ2v) is 11.7. The van der Waals surface area contributed by atoms with Crippen LogP contribution in [0.25, 0.3) is 0 Å². The van der Waals surface area contributed by atoms with Gasteiger partial charge in [0.05, 0.1) is 74.6 Å². The fourth-order valence-corrected chi connectivity index (χ4v) is 5.94. The zero-order chi connectivity index (χ0) is 31.3. The van der Waals surface area contributed by atoms with Crippen molar-refractivity contribution in [1.29, 1.82) is 0 Å². The lowest BCUT2D eigenvalue weighted by Crippen LogP contribution is -2.36. The Morgan fingerprint density at radius 1 is 0.696 bits per heavy atom. The molecule has 0 radical (unpaired) electrons.